The standard InChI is InChI=1S/C12H18BrNO3S/c1-4-14-11(8-18(3,15)16)9-5-6-12(17-2)10(13)7-9/h5-7,11,14H,4,8H2,1-3H3. The van der Waals surface area contributed by atoms with Gasteiger partial charge in [-0.15, -0.1) is 0 Å². The van der Waals surface area contributed by atoms with E-state index in [1.165, 1.54) is 6.26 Å². The minimum atomic E-state index is -3.03. The lowest BCUT2D eigenvalue weighted by atomic mass is 10.1. The zero-order valence-corrected chi connectivity index (χ0v) is 13.1. The zero-order chi connectivity index (χ0) is 13.8. The molecule has 0 saturated heterocycles. The molecule has 0 aliphatic heterocycles. The van der Waals surface area contributed by atoms with Gasteiger partial charge >= 0.3 is 0 Å². The molecule has 4 nitrogen and oxygen atoms in total. The topological polar surface area (TPSA) is 55.4 Å². The highest BCUT2D eigenvalue weighted by Gasteiger charge is 2.17. The molecule has 0 saturated carbocycles. The number of benzene rings is 1. The van der Waals surface area contributed by atoms with E-state index in [0.717, 1.165) is 15.8 Å². The minimum Gasteiger partial charge on any atom is -0.496 e. The van der Waals surface area contributed by atoms with Crippen molar-refractivity contribution in [2.24, 2.45) is 0 Å². The molecule has 102 valence electrons. The zero-order valence-electron chi connectivity index (χ0n) is 10.7. The second-order valence-corrected chi connectivity index (χ2v) is 7.14. The van der Waals surface area contributed by atoms with Crippen LogP contribution in [-0.4, -0.2) is 34.1 Å². The van der Waals surface area contributed by atoms with Gasteiger partial charge in [0.2, 0.25) is 0 Å². The molecule has 18 heavy (non-hydrogen) atoms. The number of methoxy groups -OCH3 is 1. The average molecular weight is 336 g/mol. The first-order valence-electron chi connectivity index (χ1n) is 5.62. The van der Waals surface area contributed by atoms with Gasteiger partial charge in [0.05, 0.1) is 17.3 Å². The van der Waals surface area contributed by atoms with Crippen LogP contribution in [0, 0.1) is 0 Å². The van der Waals surface area contributed by atoms with Crippen molar-refractivity contribution in [1.29, 1.82) is 0 Å². The summed E-state index contributed by atoms with van der Waals surface area (Å²) in [5.74, 6) is 0.813. The predicted octanol–water partition coefficient (Wildman–Crippen LogP) is 2.15. The summed E-state index contributed by atoms with van der Waals surface area (Å²) in [5, 5.41) is 3.18. The van der Waals surface area contributed by atoms with Crippen molar-refractivity contribution in [2.45, 2.75) is 13.0 Å². The summed E-state index contributed by atoms with van der Waals surface area (Å²) >= 11 is 3.40. The maximum absolute atomic E-state index is 11.4. The van der Waals surface area contributed by atoms with E-state index >= 15 is 0 Å². The van der Waals surface area contributed by atoms with Gasteiger partial charge in [0, 0.05) is 12.3 Å². The van der Waals surface area contributed by atoms with E-state index in [1.54, 1.807) is 7.11 Å². The molecule has 0 spiro atoms. The third-order valence-electron chi connectivity index (χ3n) is 2.50. The first-order valence-corrected chi connectivity index (χ1v) is 8.47. The molecule has 0 aliphatic carbocycles. The molecular weight excluding hydrogens is 318 g/mol. The fourth-order valence-electron chi connectivity index (χ4n) is 1.72. The highest BCUT2D eigenvalue weighted by atomic mass is 79.9. The third-order valence-corrected chi connectivity index (χ3v) is 4.06. The lowest BCUT2D eigenvalue weighted by Crippen LogP contribution is -2.27. The lowest BCUT2D eigenvalue weighted by Gasteiger charge is -2.18. The summed E-state index contributed by atoms with van der Waals surface area (Å²) < 4.78 is 28.8. The molecule has 1 N–H and O–H groups in total. The molecule has 0 heterocycles. The van der Waals surface area contributed by atoms with Crippen LogP contribution in [0.5, 0.6) is 5.75 Å². The van der Waals surface area contributed by atoms with Crippen molar-refractivity contribution >= 4 is 25.8 Å². The van der Waals surface area contributed by atoms with Gasteiger partial charge in [-0.1, -0.05) is 13.0 Å². The van der Waals surface area contributed by atoms with Gasteiger partial charge in [-0.25, -0.2) is 8.42 Å². The molecule has 6 heteroatoms. The van der Waals surface area contributed by atoms with Crippen LogP contribution in [0.3, 0.4) is 0 Å². The summed E-state index contributed by atoms with van der Waals surface area (Å²) in [6, 6.07) is 5.39. The second-order valence-electron chi connectivity index (χ2n) is 4.10. The Morgan fingerprint density at radius 2 is 2.11 bits per heavy atom. The molecule has 0 aliphatic rings. The number of nitrogens with one attached hydrogen (secondary N) is 1. The first kappa shape index (κ1) is 15.5. The van der Waals surface area contributed by atoms with Gasteiger partial charge in [-0.05, 0) is 40.2 Å². The molecule has 1 aromatic carbocycles. The summed E-state index contributed by atoms with van der Waals surface area (Å²) in [5.41, 5.74) is 0.926. The average Bonchev–Trinajstić information content (AvgIpc) is 2.26. The Kier molecular flexibility index (Phi) is 5.62. The quantitative estimate of drug-likeness (QED) is 0.865. The van der Waals surface area contributed by atoms with E-state index in [1.807, 2.05) is 25.1 Å². The molecule has 0 radical (unpaired) electrons. The van der Waals surface area contributed by atoms with Crippen molar-refractivity contribution in [3.63, 3.8) is 0 Å². The number of rotatable bonds is 6. The van der Waals surface area contributed by atoms with Crippen LogP contribution in [0.2, 0.25) is 0 Å². The van der Waals surface area contributed by atoms with Gasteiger partial charge in [0.25, 0.3) is 0 Å². The highest BCUT2D eigenvalue weighted by molar-refractivity contribution is 9.10. The monoisotopic (exact) mass is 335 g/mol. The van der Waals surface area contributed by atoms with Crippen LogP contribution in [0.4, 0.5) is 0 Å². The van der Waals surface area contributed by atoms with E-state index in [4.69, 9.17) is 4.74 Å². The van der Waals surface area contributed by atoms with Gasteiger partial charge in [0.15, 0.2) is 0 Å². The van der Waals surface area contributed by atoms with E-state index < -0.39 is 9.84 Å². The summed E-state index contributed by atoms with van der Waals surface area (Å²) in [6.45, 7) is 2.66. The van der Waals surface area contributed by atoms with E-state index in [-0.39, 0.29) is 11.8 Å². The fraction of sp³-hybridized carbons (Fsp3) is 0.500. The van der Waals surface area contributed by atoms with E-state index in [0.29, 0.717) is 6.54 Å². The van der Waals surface area contributed by atoms with Gasteiger partial charge in [0.1, 0.15) is 15.6 Å². The van der Waals surface area contributed by atoms with Gasteiger partial charge < -0.3 is 10.1 Å². The molecule has 1 rings (SSSR count). The smallest absolute Gasteiger partial charge is 0.149 e. The summed E-state index contributed by atoms with van der Waals surface area (Å²) in [4.78, 5) is 0. The SMILES string of the molecule is CCNC(CS(C)(=O)=O)c1ccc(OC)c(Br)c1. The maximum Gasteiger partial charge on any atom is 0.149 e. The largest absolute Gasteiger partial charge is 0.496 e. The van der Waals surface area contributed by atoms with Crippen LogP contribution in [0.1, 0.15) is 18.5 Å². The molecule has 0 bridgehead atoms. The number of ether oxygens (including phenoxy) is 1. The Morgan fingerprint density at radius 1 is 1.44 bits per heavy atom. The molecule has 0 fully saturated rings. The Hall–Kier alpha value is -0.590. The molecule has 1 atom stereocenters. The van der Waals surface area contributed by atoms with Crippen LogP contribution in [-0.2, 0) is 9.84 Å². The third kappa shape index (κ3) is 4.59. The number of hydrogen-bond acceptors (Lipinski definition) is 4. The van der Waals surface area contributed by atoms with Crippen LogP contribution in [0.15, 0.2) is 22.7 Å². The minimum absolute atomic E-state index is 0.0829. The lowest BCUT2D eigenvalue weighted by molar-refractivity contribution is 0.411. The van der Waals surface area contributed by atoms with Crippen molar-refractivity contribution in [3.05, 3.63) is 28.2 Å². The molecule has 0 aromatic heterocycles. The Bertz CT molecular complexity index is 502. The van der Waals surface area contributed by atoms with Crippen molar-refractivity contribution in [1.82, 2.24) is 5.32 Å². The number of hydrogen-bond donors (Lipinski definition) is 1. The Morgan fingerprint density at radius 3 is 2.56 bits per heavy atom. The van der Waals surface area contributed by atoms with Gasteiger partial charge in [-0.2, -0.15) is 0 Å². The van der Waals surface area contributed by atoms with Crippen molar-refractivity contribution in [3.8, 4) is 5.75 Å². The molecule has 0 amide bonds. The van der Waals surface area contributed by atoms with Gasteiger partial charge in [-0.3, -0.25) is 0 Å². The number of sulfone groups is 1. The van der Waals surface area contributed by atoms with Crippen LogP contribution >= 0.6 is 15.9 Å². The van der Waals surface area contributed by atoms with Crippen LogP contribution in [0.25, 0.3) is 0 Å². The van der Waals surface area contributed by atoms with Crippen LogP contribution < -0.4 is 10.1 Å². The summed E-state index contributed by atoms with van der Waals surface area (Å²) in [6.07, 6.45) is 1.25. The summed E-state index contributed by atoms with van der Waals surface area (Å²) in [7, 11) is -1.44. The maximum atomic E-state index is 11.4. The van der Waals surface area contributed by atoms with E-state index in [9.17, 15) is 8.42 Å². The van der Waals surface area contributed by atoms with Crippen molar-refractivity contribution in [2.75, 3.05) is 25.7 Å². The van der Waals surface area contributed by atoms with E-state index in [2.05, 4.69) is 21.2 Å². The fourth-order valence-corrected chi connectivity index (χ4v) is 3.20. The molecule has 1 aromatic rings. The predicted molar refractivity (Wildman–Crippen MR) is 76.8 cm³/mol. The van der Waals surface area contributed by atoms with Crippen molar-refractivity contribution < 1.29 is 13.2 Å². The Labute approximate surface area is 117 Å². The molecule has 1 unspecified atom stereocenters. The number of halogens is 1. The first-order chi connectivity index (χ1) is 8.37. The Balaban J connectivity index is 3.02. The molecular formula is C12H18BrNO3S. The second kappa shape index (κ2) is 6.54. The highest BCUT2D eigenvalue weighted by Crippen LogP contribution is 2.28. The normalized spacial score (nSPS) is 13.3.